The number of ether oxygens (including phenoxy) is 1. The first-order chi connectivity index (χ1) is 14.6. The van der Waals surface area contributed by atoms with Crippen LogP contribution in [0.2, 0.25) is 0 Å². The van der Waals surface area contributed by atoms with Gasteiger partial charge in [0.05, 0.1) is 23.5 Å². The van der Waals surface area contributed by atoms with Crippen molar-refractivity contribution < 1.29 is 13.5 Å². The van der Waals surface area contributed by atoms with Crippen LogP contribution in [0.5, 0.6) is 5.75 Å². The van der Waals surface area contributed by atoms with E-state index in [4.69, 9.17) is 0 Å². The van der Waals surface area contributed by atoms with E-state index in [0.717, 1.165) is 11.1 Å². The fraction of sp³-hybridized carbons (Fsp3) is 0.130. The van der Waals surface area contributed by atoms with Crippen LogP contribution in [-0.4, -0.2) is 16.6 Å². The third-order valence-corrected chi connectivity index (χ3v) is 4.71. The smallest absolute Gasteiger partial charge is 0.387 e. The summed E-state index contributed by atoms with van der Waals surface area (Å²) >= 11 is 0. The molecule has 3 aromatic carbocycles. The molecular formula is C23H19F2N3O2. The van der Waals surface area contributed by atoms with Gasteiger partial charge in [0.15, 0.2) is 0 Å². The van der Waals surface area contributed by atoms with E-state index < -0.39 is 6.61 Å². The maximum absolute atomic E-state index is 12.4. The van der Waals surface area contributed by atoms with Gasteiger partial charge in [0.25, 0.3) is 5.56 Å². The molecule has 0 saturated carbocycles. The molecule has 2 N–H and O–H groups in total. The molecule has 0 radical (unpaired) electrons. The minimum absolute atomic E-state index is 0.0982. The van der Waals surface area contributed by atoms with Crippen molar-refractivity contribution >= 4 is 10.9 Å². The normalized spacial score (nSPS) is 12.2. The molecule has 1 atom stereocenters. The molecule has 7 heteroatoms. The molecule has 0 bridgehead atoms. The van der Waals surface area contributed by atoms with E-state index in [2.05, 4.69) is 20.0 Å². The number of nitrogens with zero attached hydrogens (tertiary/aromatic N) is 1. The Morgan fingerprint density at radius 1 is 0.900 bits per heavy atom. The predicted octanol–water partition coefficient (Wildman–Crippen LogP) is 4.40. The standard InChI is InChI=1S/C23H19F2N3O2/c24-23(25)30-17-12-10-16(11-13-17)21(15-6-2-1-3-7-15)26-14-20-27-19-9-5-4-8-18(19)22(29)28-20/h1-13,21,23,26H,14H2,(H,27,28,29)/t21-/m1/s1. The van der Waals surface area contributed by atoms with Gasteiger partial charge in [-0.15, -0.1) is 0 Å². The van der Waals surface area contributed by atoms with Gasteiger partial charge >= 0.3 is 6.61 Å². The average Bonchev–Trinajstić information content (AvgIpc) is 2.75. The minimum Gasteiger partial charge on any atom is -0.435 e. The number of benzene rings is 3. The summed E-state index contributed by atoms with van der Waals surface area (Å²) in [6.45, 7) is -2.55. The zero-order valence-electron chi connectivity index (χ0n) is 15.9. The van der Waals surface area contributed by atoms with Crippen LogP contribution in [0, 0.1) is 0 Å². The summed E-state index contributed by atoms with van der Waals surface area (Å²) in [6, 6.07) is 23.1. The molecule has 1 heterocycles. The highest BCUT2D eigenvalue weighted by atomic mass is 19.3. The number of nitrogens with one attached hydrogen (secondary N) is 2. The quantitative estimate of drug-likeness (QED) is 0.476. The van der Waals surface area contributed by atoms with Gasteiger partial charge < -0.3 is 9.72 Å². The number of rotatable bonds is 7. The number of halogens is 2. The highest BCUT2D eigenvalue weighted by molar-refractivity contribution is 5.77. The number of fused-ring (bicyclic) bond motifs is 1. The zero-order chi connectivity index (χ0) is 20.9. The average molecular weight is 407 g/mol. The van der Waals surface area contributed by atoms with Gasteiger partial charge in [-0.1, -0.05) is 54.6 Å². The Kier molecular flexibility index (Phi) is 5.81. The topological polar surface area (TPSA) is 67.0 Å². The number of hydrogen-bond donors (Lipinski definition) is 2. The largest absolute Gasteiger partial charge is 0.435 e. The van der Waals surface area contributed by atoms with Gasteiger partial charge in [0, 0.05) is 0 Å². The number of para-hydroxylation sites is 1. The van der Waals surface area contributed by atoms with Crippen LogP contribution >= 0.6 is 0 Å². The molecule has 1 aromatic heterocycles. The Morgan fingerprint density at radius 3 is 2.30 bits per heavy atom. The molecule has 0 unspecified atom stereocenters. The van der Waals surface area contributed by atoms with Crippen LogP contribution in [0.15, 0.2) is 83.7 Å². The van der Waals surface area contributed by atoms with Crippen molar-refractivity contribution in [1.29, 1.82) is 0 Å². The molecule has 0 spiro atoms. The van der Waals surface area contributed by atoms with Gasteiger partial charge in [-0.2, -0.15) is 8.78 Å². The fourth-order valence-electron chi connectivity index (χ4n) is 3.33. The van der Waals surface area contributed by atoms with Crippen LogP contribution in [0.25, 0.3) is 10.9 Å². The van der Waals surface area contributed by atoms with Gasteiger partial charge in [0.1, 0.15) is 11.6 Å². The molecular weight excluding hydrogens is 388 g/mol. The highest BCUT2D eigenvalue weighted by Crippen LogP contribution is 2.25. The van der Waals surface area contributed by atoms with Crippen molar-refractivity contribution in [2.24, 2.45) is 0 Å². The molecule has 4 rings (SSSR count). The van der Waals surface area contributed by atoms with E-state index in [-0.39, 0.29) is 17.4 Å². The summed E-state index contributed by atoms with van der Waals surface area (Å²) in [5, 5.41) is 3.94. The summed E-state index contributed by atoms with van der Waals surface area (Å²) < 4.78 is 29.3. The summed E-state index contributed by atoms with van der Waals surface area (Å²) in [5.74, 6) is 0.610. The van der Waals surface area contributed by atoms with Crippen molar-refractivity contribution in [2.45, 2.75) is 19.2 Å². The van der Waals surface area contributed by atoms with Crippen molar-refractivity contribution in [2.75, 3.05) is 0 Å². The summed E-state index contributed by atoms with van der Waals surface area (Å²) in [7, 11) is 0. The maximum atomic E-state index is 12.4. The lowest BCUT2D eigenvalue weighted by Gasteiger charge is -2.20. The molecule has 0 fully saturated rings. The monoisotopic (exact) mass is 407 g/mol. The Labute approximate surface area is 171 Å². The van der Waals surface area contributed by atoms with Crippen molar-refractivity contribution in [1.82, 2.24) is 15.3 Å². The number of aromatic amines is 1. The number of aromatic nitrogens is 2. The molecule has 0 amide bonds. The molecule has 4 aromatic rings. The van der Waals surface area contributed by atoms with Crippen molar-refractivity contribution in [3.63, 3.8) is 0 Å². The van der Waals surface area contributed by atoms with E-state index in [9.17, 15) is 13.6 Å². The first-order valence-corrected chi connectivity index (χ1v) is 9.41. The van der Waals surface area contributed by atoms with E-state index in [1.807, 2.05) is 36.4 Å². The number of hydrogen-bond acceptors (Lipinski definition) is 4. The van der Waals surface area contributed by atoms with E-state index in [1.165, 1.54) is 12.1 Å². The lowest BCUT2D eigenvalue weighted by atomic mass is 9.98. The third kappa shape index (κ3) is 4.52. The van der Waals surface area contributed by atoms with Gasteiger partial charge in [-0.3, -0.25) is 10.1 Å². The lowest BCUT2D eigenvalue weighted by Crippen LogP contribution is -2.25. The molecule has 30 heavy (non-hydrogen) atoms. The van der Waals surface area contributed by atoms with Gasteiger partial charge in [-0.25, -0.2) is 4.98 Å². The SMILES string of the molecule is O=c1[nH]c(CN[C@H](c2ccccc2)c2ccc(OC(F)F)cc2)nc2ccccc12. The summed E-state index contributed by atoms with van der Waals surface area (Å²) in [5.41, 5.74) is 2.29. The second kappa shape index (κ2) is 8.84. The zero-order valence-corrected chi connectivity index (χ0v) is 15.9. The van der Waals surface area contributed by atoms with Crippen molar-refractivity contribution in [3.8, 4) is 5.75 Å². The highest BCUT2D eigenvalue weighted by Gasteiger charge is 2.15. The third-order valence-electron chi connectivity index (χ3n) is 4.71. The van der Waals surface area contributed by atoms with Gasteiger partial charge in [-0.05, 0) is 35.4 Å². The first kappa shape index (κ1) is 19.7. The summed E-state index contributed by atoms with van der Waals surface area (Å²) in [6.07, 6.45) is 0. The molecule has 0 aliphatic heterocycles. The van der Waals surface area contributed by atoms with E-state index in [0.29, 0.717) is 23.3 Å². The van der Waals surface area contributed by atoms with Crippen LogP contribution in [0.3, 0.4) is 0 Å². The Morgan fingerprint density at radius 2 is 1.57 bits per heavy atom. The Bertz CT molecular complexity index is 1180. The lowest BCUT2D eigenvalue weighted by molar-refractivity contribution is -0.0498. The van der Waals surface area contributed by atoms with Crippen LogP contribution < -0.4 is 15.6 Å². The molecule has 0 aliphatic carbocycles. The maximum Gasteiger partial charge on any atom is 0.387 e. The van der Waals surface area contributed by atoms with Gasteiger partial charge in [0.2, 0.25) is 0 Å². The summed E-state index contributed by atoms with van der Waals surface area (Å²) in [4.78, 5) is 19.6. The second-order valence-electron chi connectivity index (χ2n) is 6.70. The number of alkyl halides is 2. The molecule has 5 nitrogen and oxygen atoms in total. The molecule has 152 valence electrons. The van der Waals surface area contributed by atoms with E-state index in [1.54, 1.807) is 30.3 Å². The first-order valence-electron chi connectivity index (χ1n) is 9.41. The van der Waals surface area contributed by atoms with Crippen LogP contribution in [0.1, 0.15) is 23.0 Å². The fourth-order valence-corrected chi connectivity index (χ4v) is 3.33. The van der Waals surface area contributed by atoms with Crippen LogP contribution in [-0.2, 0) is 6.54 Å². The second-order valence-corrected chi connectivity index (χ2v) is 6.70. The predicted molar refractivity (Wildman–Crippen MR) is 111 cm³/mol. The number of H-pyrrole nitrogens is 1. The Hall–Kier alpha value is -3.58. The van der Waals surface area contributed by atoms with E-state index >= 15 is 0 Å². The minimum atomic E-state index is -2.87. The molecule has 0 aliphatic rings. The Balaban J connectivity index is 1.60. The van der Waals surface area contributed by atoms with Crippen molar-refractivity contribution in [3.05, 3.63) is 106 Å². The van der Waals surface area contributed by atoms with Crippen LogP contribution in [0.4, 0.5) is 8.78 Å². The molecule has 0 saturated heterocycles.